The topological polar surface area (TPSA) is 0 Å². The molecular weight excluding hydrogens is 545 g/mol. The van der Waals surface area contributed by atoms with E-state index in [1.165, 1.54) is 0 Å². The Morgan fingerprint density at radius 3 is 0.550 bits per heavy atom. The largest absolute Gasteiger partial charge is 0.0836 e. The average Bonchev–Trinajstić information content (AvgIpc) is 2.94. The first-order valence-corrected chi connectivity index (χ1v) is 27.7. The van der Waals surface area contributed by atoms with E-state index in [2.05, 4.69) is 177 Å². The van der Waals surface area contributed by atoms with E-state index in [9.17, 15) is 0 Å². The number of benzene rings is 4. The summed E-state index contributed by atoms with van der Waals surface area (Å²) in [4.78, 5) is 0. The SMILES string of the molecule is CC(C)[Si]1(c2ccccc2)[Si](c2ccccc2)(C(C)C)[Si](c2ccccc2)(C(C)C)[Si]1(c1ccccc1)C(C)C. The molecule has 0 nitrogen and oxygen atoms in total. The zero-order valence-corrected chi connectivity index (χ0v) is 29.9. The van der Waals surface area contributed by atoms with Gasteiger partial charge in [0.25, 0.3) is 0 Å². The summed E-state index contributed by atoms with van der Waals surface area (Å²) in [5, 5.41) is 7.05. The first-order chi connectivity index (χ1) is 19.2. The van der Waals surface area contributed by atoms with Crippen LogP contribution in [0.4, 0.5) is 0 Å². The van der Waals surface area contributed by atoms with Gasteiger partial charge in [0.15, 0.2) is 0 Å². The van der Waals surface area contributed by atoms with Crippen molar-refractivity contribution >= 4 is 49.2 Å². The van der Waals surface area contributed by atoms with E-state index in [1.807, 2.05) is 0 Å². The smallest absolute Gasteiger partial charge is 0.0653 e. The lowest BCUT2D eigenvalue weighted by Crippen LogP contribution is -3.19. The molecule has 208 valence electrons. The molecule has 0 atom stereocenters. The van der Waals surface area contributed by atoms with Gasteiger partial charge >= 0.3 is 0 Å². The van der Waals surface area contributed by atoms with Gasteiger partial charge in [-0.15, -0.1) is 0 Å². The van der Waals surface area contributed by atoms with Gasteiger partial charge in [-0.05, 0) is 0 Å². The van der Waals surface area contributed by atoms with Gasteiger partial charge in [-0.3, -0.25) is 0 Å². The molecule has 0 spiro atoms. The van der Waals surface area contributed by atoms with Gasteiger partial charge in [-0.25, -0.2) is 0 Å². The highest BCUT2D eigenvalue weighted by molar-refractivity contribution is 8.21. The molecule has 0 radical (unpaired) electrons. The lowest BCUT2D eigenvalue weighted by atomic mass is 10.4. The molecule has 4 aromatic carbocycles. The van der Waals surface area contributed by atoms with Crippen LogP contribution < -0.4 is 20.7 Å². The summed E-state index contributed by atoms with van der Waals surface area (Å²) >= 11 is 0. The summed E-state index contributed by atoms with van der Waals surface area (Å²) in [6.45, 7) is 21.2. The van der Waals surface area contributed by atoms with E-state index in [4.69, 9.17) is 0 Å². The quantitative estimate of drug-likeness (QED) is 0.187. The number of hydrogen-bond donors (Lipinski definition) is 0. The Labute approximate surface area is 247 Å². The fourth-order valence-corrected chi connectivity index (χ4v) is 158. The van der Waals surface area contributed by atoms with Gasteiger partial charge in [-0.1, -0.05) is 220 Å². The fourth-order valence-electron chi connectivity index (χ4n) is 10.8. The third-order valence-corrected chi connectivity index (χ3v) is 101. The van der Waals surface area contributed by atoms with E-state index in [-0.39, 0.29) is 0 Å². The molecule has 4 aromatic rings. The first kappa shape index (κ1) is 29.2. The van der Waals surface area contributed by atoms with Crippen LogP contribution in [0, 0.1) is 0 Å². The minimum atomic E-state index is -2.20. The Kier molecular flexibility index (Phi) is 7.94. The zero-order valence-electron chi connectivity index (χ0n) is 25.9. The summed E-state index contributed by atoms with van der Waals surface area (Å²) in [5.74, 6) is 0. The van der Waals surface area contributed by atoms with Crippen LogP contribution in [0.25, 0.3) is 0 Å². The average molecular weight is 593 g/mol. The Hall–Kier alpha value is -2.25. The van der Waals surface area contributed by atoms with Crippen molar-refractivity contribution in [3.05, 3.63) is 121 Å². The molecule has 1 saturated heterocycles. The second kappa shape index (κ2) is 10.9. The Balaban J connectivity index is 2.17. The maximum Gasteiger partial charge on any atom is 0.0836 e. The van der Waals surface area contributed by atoms with Crippen molar-refractivity contribution in [3.63, 3.8) is 0 Å². The van der Waals surface area contributed by atoms with Crippen molar-refractivity contribution in [1.82, 2.24) is 0 Å². The van der Waals surface area contributed by atoms with Crippen molar-refractivity contribution in [3.8, 4) is 0 Å². The van der Waals surface area contributed by atoms with Crippen LogP contribution in [0.3, 0.4) is 0 Å². The third-order valence-electron chi connectivity index (χ3n) is 10.9. The molecule has 4 heteroatoms. The fraction of sp³-hybridized carbons (Fsp3) is 0.333. The Morgan fingerprint density at radius 2 is 0.425 bits per heavy atom. The standard InChI is InChI=1S/C36H48Si4/c1-29(2)37(33-21-13-9-14-22-33)38(30(3)4,34-23-15-10-16-24-34)40(32(7)8,36-27-19-12-20-28-36)39(37,31(5)6)35-25-17-11-18-26-35/h9-32H,1-8H3. The highest BCUT2D eigenvalue weighted by Gasteiger charge is 2.93. The van der Waals surface area contributed by atoms with Gasteiger partial charge in [0, 0.05) is 0 Å². The lowest BCUT2D eigenvalue weighted by molar-refractivity contribution is 0.969. The second-order valence-corrected chi connectivity index (χ2v) is 51.6. The van der Waals surface area contributed by atoms with E-state index in [0.717, 1.165) is 0 Å². The van der Waals surface area contributed by atoms with Crippen molar-refractivity contribution in [2.75, 3.05) is 0 Å². The molecule has 5 rings (SSSR count). The first-order valence-electron chi connectivity index (χ1n) is 15.4. The van der Waals surface area contributed by atoms with Crippen LogP contribution >= 0.6 is 0 Å². The highest BCUT2D eigenvalue weighted by Crippen LogP contribution is 2.65. The Morgan fingerprint density at radius 1 is 0.275 bits per heavy atom. The van der Waals surface area contributed by atoms with Crippen LogP contribution in [-0.2, 0) is 0 Å². The summed E-state index contributed by atoms with van der Waals surface area (Å²) < 4.78 is 0. The lowest BCUT2D eigenvalue weighted by Gasteiger charge is -2.84. The monoisotopic (exact) mass is 592 g/mol. The molecule has 0 aliphatic carbocycles. The molecule has 0 N–H and O–H groups in total. The van der Waals surface area contributed by atoms with Crippen molar-refractivity contribution in [2.45, 2.75) is 77.6 Å². The van der Waals surface area contributed by atoms with Crippen LogP contribution in [0.1, 0.15) is 55.4 Å². The van der Waals surface area contributed by atoms with E-state index < -0.39 is 28.4 Å². The number of rotatable bonds is 8. The van der Waals surface area contributed by atoms with Gasteiger partial charge in [-0.2, -0.15) is 0 Å². The molecule has 0 bridgehead atoms. The van der Waals surface area contributed by atoms with Crippen molar-refractivity contribution in [1.29, 1.82) is 0 Å². The van der Waals surface area contributed by atoms with Crippen LogP contribution in [0.5, 0.6) is 0 Å². The van der Waals surface area contributed by atoms with Crippen LogP contribution in [-0.4, -0.2) is 28.4 Å². The van der Waals surface area contributed by atoms with Crippen LogP contribution in [0.15, 0.2) is 121 Å². The number of hydrogen-bond acceptors (Lipinski definition) is 0. The van der Waals surface area contributed by atoms with E-state index >= 15 is 0 Å². The molecule has 1 aliphatic rings. The molecule has 1 aliphatic heterocycles. The molecular formula is C36H48Si4. The second-order valence-electron chi connectivity index (χ2n) is 13.3. The Bertz CT molecular complexity index is 1170. The molecule has 1 heterocycles. The maximum atomic E-state index is 2.66. The molecule has 40 heavy (non-hydrogen) atoms. The minimum absolute atomic E-state index is 0.668. The van der Waals surface area contributed by atoms with Gasteiger partial charge in [0.05, 0.1) is 28.4 Å². The van der Waals surface area contributed by atoms with Gasteiger partial charge < -0.3 is 0 Å². The molecule has 0 unspecified atom stereocenters. The van der Waals surface area contributed by atoms with Crippen molar-refractivity contribution in [2.24, 2.45) is 0 Å². The van der Waals surface area contributed by atoms with Crippen molar-refractivity contribution < 1.29 is 0 Å². The van der Waals surface area contributed by atoms with Crippen LogP contribution in [0.2, 0.25) is 22.2 Å². The third kappa shape index (κ3) is 3.34. The molecule has 0 saturated carbocycles. The maximum absolute atomic E-state index is 2.66. The van der Waals surface area contributed by atoms with Gasteiger partial charge in [0.1, 0.15) is 0 Å². The molecule has 0 amide bonds. The zero-order chi connectivity index (χ0) is 28.8. The summed E-state index contributed by atoms with van der Waals surface area (Å²) in [6, 6.07) is 48.6. The predicted octanol–water partition coefficient (Wildman–Crippen LogP) is 7.38. The predicted molar refractivity (Wildman–Crippen MR) is 188 cm³/mol. The minimum Gasteiger partial charge on any atom is -0.0653 e. The summed E-state index contributed by atoms with van der Waals surface area (Å²) in [6.07, 6.45) is 0. The molecule has 1 fully saturated rings. The highest BCUT2D eigenvalue weighted by atomic mass is 30.2. The van der Waals surface area contributed by atoms with Gasteiger partial charge in [0.2, 0.25) is 0 Å². The summed E-state index contributed by atoms with van der Waals surface area (Å²) in [5.41, 5.74) is 2.67. The molecule has 0 aromatic heterocycles. The van der Waals surface area contributed by atoms with E-state index in [1.54, 1.807) is 20.7 Å². The van der Waals surface area contributed by atoms with E-state index in [0.29, 0.717) is 22.2 Å². The summed E-state index contributed by atoms with van der Waals surface area (Å²) in [7, 11) is -8.82. The normalized spacial score (nSPS) is 28.3.